The third kappa shape index (κ3) is 3.71. The van der Waals surface area contributed by atoms with E-state index in [9.17, 15) is 4.79 Å². The van der Waals surface area contributed by atoms with Gasteiger partial charge in [0.15, 0.2) is 0 Å². The summed E-state index contributed by atoms with van der Waals surface area (Å²) in [6.07, 6.45) is 0. The number of fused-ring (bicyclic) bond motifs is 2. The van der Waals surface area contributed by atoms with Crippen molar-refractivity contribution in [1.29, 1.82) is 0 Å². The van der Waals surface area contributed by atoms with Crippen LogP contribution < -0.4 is 10.1 Å². The molecular formula is C25H20N4O2. The Hall–Kier alpha value is -4.19. The summed E-state index contributed by atoms with van der Waals surface area (Å²) in [7, 11) is 0. The number of amides is 1. The third-order valence-electron chi connectivity index (χ3n) is 5.05. The lowest BCUT2D eigenvalue weighted by atomic mass is 10.0. The van der Waals surface area contributed by atoms with Crippen LogP contribution in [0.15, 0.2) is 84.9 Å². The summed E-state index contributed by atoms with van der Waals surface area (Å²) in [4.78, 5) is 14.5. The molecule has 5 aromatic rings. The molecule has 6 nitrogen and oxygen atoms in total. The molecule has 0 bridgehead atoms. The van der Waals surface area contributed by atoms with Crippen molar-refractivity contribution in [1.82, 2.24) is 15.0 Å². The van der Waals surface area contributed by atoms with E-state index >= 15 is 0 Å². The van der Waals surface area contributed by atoms with E-state index < -0.39 is 0 Å². The average Bonchev–Trinajstić information content (AvgIpc) is 3.23. The highest BCUT2D eigenvalue weighted by Gasteiger charge is 2.12. The largest absolute Gasteiger partial charge is 0.494 e. The number of benzene rings is 4. The zero-order valence-corrected chi connectivity index (χ0v) is 16.9. The number of hydrogen-bond acceptors (Lipinski definition) is 4. The van der Waals surface area contributed by atoms with Gasteiger partial charge in [0.1, 0.15) is 16.8 Å². The van der Waals surface area contributed by atoms with Crippen LogP contribution in [0, 0.1) is 0 Å². The van der Waals surface area contributed by atoms with E-state index in [0.29, 0.717) is 23.4 Å². The van der Waals surface area contributed by atoms with Crippen molar-refractivity contribution in [2.24, 2.45) is 0 Å². The molecule has 5 rings (SSSR count). The van der Waals surface area contributed by atoms with Crippen LogP contribution in [0.5, 0.6) is 5.75 Å². The van der Waals surface area contributed by atoms with Crippen molar-refractivity contribution in [2.45, 2.75) is 6.92 Å². The number of aromatic nitrogens is 3. The van der Waals surface area contributed by atoms with Crippen molar-refractivity contribution in [3.63, 3.8) is 0 Å². The van der Waals surface area contributed by atoms with E-state index in [1.165, 1.54) is 0 Å². The minimum Gasteiger partial charge on any atom is -0.494 e. The van der Waals surface area contributed by atoms with Gasteiger partial charge in [0.25, 0.3) is 5.91 Å². The molecule has 0 aliphatic carbocycles. The normalized spacial score (nSPS) is 11.0. The highest BCUT2D eigenvalue weighted by molar-refractivity contribution is 6.13. The first-order chi connectivity index (χ1) is 15.2. The number of carbonyl (C=O) groups is 1. The van der Waals surface area contributed by atoms with Crippen LogP contribution in [0.25, 0.3) is 27.5 Å². The molecule has 152 valence electrons. The predicted molar refractivity (Wildman–Crippen MR) is 122 cm³/mol. The van der Waals surface area contributed by atoms with Gasteiger partial charge in [0, 0.05) is 11.3 Å². The summed E-state index contributed by atoms with van der Waals surface area (Å²) < 4.78 is 5.48. The van der Waals surface area contributed by atoms with Gasteiger partial charge in [-0.05, 0) is 66.2 Å². The third-order valence-corrected chi connectivity index (χ3v) is 5.05. The molecule has 1 aromatic heterocycles. The first-order valence-corrected chi connectivity index (χ1v) is 10.1. The van der Waals surface area contributed by atoms with Gasteiger partial charge in [-0.25, -0.2) is 0 Å². The Morgan fingerprint density at radius 3 is 2.52 bits per heavy atom. The average molecular weight is 408 g/mol. The minimum atomic E-state index is -0.157. The molecule has 1 amide bonds. The fraction of sp³-hybridized carbons (Fsp3) is 0.0800. The van der Waals surface area contributed by atoms with E-state index in [4.69, 9.17) is 4.74 Å². The number of anilines is 1. The Kier molecular flexibility index (Phi) is 4.80. The number of rotatable bonds is 5. The highest BCUT2D eigenvalue weighted by atomic mass is 16.5. The Morgan fingerprint density at radius 1 is 0.903 bits per heavy atom. The van der Waals surface area contributed by atoms with Crippen LogP contribution in [-0.4, -0.2) is 27.5 Å². The molecule has 0 spiro atoms. The van der Waals surface area contributed by atoms with E-state index in [1.807, 2.05) is 91.9 Å². The first kappa shape index (κ1) is 18.8. The van der Waals surface area contributed by atoms with Gasteiger partial charge in [0.05, 0.1) is 12.3 Å². The fourth-order valence-electron chi connectivity index (χ4n) is 3.57. The van der Waals surface area contributed by atoms with Crippen LogP contribution in [0.1, 0.15) is 17.3 Å². The van der Waals surface area contributed by atoms with Gasteiger partial charge in [-0.15, -0.1) is 10.2 Å². The zero-order valence-electron chi connectivity index (χ0n) is 16.9. The van der Waals surface area contributed by atoms with Gasteiger partial charge >= 0.3 is 0 Å². The van der Waals surface area contributed by atoms with Gasteiger partial charge in [-0.1, -0.05) is 36.4 Å². The summed E-state index contributed by atoms with van der Waals surface area (Å²) in [5.74, 6) is 0.649. The lowest BCUT2D eigenvalue weighted by Crippen LogP contribution is -2.12. The zero-order chi connectivity index (χ0) is 21.2. The molecule has 0 saturated carbocycles. The van der Waals surface area contributed by atoms with Gasteiger partial charge in [0.2, 0.25) is 0 Å². The monoisotopic (exact) mass is 408 g/mol. The number of nitrogens with zero attached hydrogens (tertiary/aromatic N) is 3. The summed E-state index contributed by atoms with van der Waals surface area (Å²) >= 11 is 0. The molecule has 0 unspecified atom stereocenters. The summed E-state index contributed by atoms with van der Waals surface area (Å²) in [5.41, 5.74) is 3.59. The standard InChI is InChI=1S/C25H20N4O2/c1-2-31-20-13-11-19(12-14-20)29-27-23-15-10-18(16-24(23)28-29)26-25(30)22-9-5-7-17-6-3-4-8-21(17)22/h3-16H,2H2,1H3,(H,26,30). The molecule has 0 atom stereocenters. The highest BCUT2D eigenvalue weighted by Crippen LogP contribution is 2.22. The maximum absolute atomic E-state index is 12.9. The second kappa shape index (κ2) is 7.91. The number of carbonyl (C=O) groups excluding carboxylic acids is 1. The van der Waals surface area contributed by atoms with Gasteiger partial charge in [-0.2, -0.15) is 4.80 Å². The second-order valence-corrected chi connectivity index (χ2v) is 7.10. The number of hydrogen-bond donors (Lipinski definition) is 1. The predicted octanol–water partition coefficient (Wildman–Crippen LogP) is 5.22. The fourth-order valence-corrected chi connectivity index (χ4v) is 3.57. The van der Waals surface area contributed by atoms with Crippen molar-refractivity contribution < 1.29 is 9.53 Å². The van der Waals surface area contributed by atoms with Crippen LogP contribution >= 0.6 is 0 Å². The molecular weight excluding hydrogens is 388 g/mol. The molecule has 0 aliphatic heterocycles. The van der Waals surface area contributed by atoms with Crippen LogP contribution in [0.2, 0.25) is 0 Å². The van der Waals surface area contributed by atoms with E-state index in [1.54, 1.807) is 4.80 Å². The van der Waals surface area contributed by atoms with Crippen molar-refractivity contribution >= 4 is 33.4 Å². The molecule has 6 heteroatoms. The lowest BCUT2D eigenvalue weighted by Gasteiger charge is -2.08. The SMILES string of the molecule is CCOc1ccc(-n2nc3ccc(NC(=O)c4cccc5ccccc45)cc3n2)cc1. The van der Waals surface area contributed by atoms with E-state index in [2.05, 4.69) is 15.5 Å². The molecule has 0 radical (unpaired) electrons. The smallest absolute Gasteiger partial charge is 0.256 e. The van der Waals surface area contributed by atoms with Crippen LogP contribution in [-0.2, 0) is 0 Å². The topological polar surface area (TPSA) is 69.0 Å². The molecule has 1 heterocycles. The number of nitrogens with one attached hydrogen (secondary N) is 1. The summed E-state index contributed by atoms with van der Waals surface area (Å²) in [6.45, 7) is 2.57. The van der Waals surface area contributed by atoms with Crippen molar-refractivity contribution in [3.05, 3.63) is 90.5 Å². The quantitative estimate of drug-likeness (QED) is 0.433. The maximum atomic E-state index is 12.9. The van der Waals surface area contributed by atoms with Crippen molar-refractivity contribution in [2.75, 3.05) is 11.9 Å². The van der Waals surface area contributed by atoms with E-state index in [0.717, 1.165) is 27.7 Å². The molecule has 0 fully saturated rings. The Morgan fingerprint density at radius 2 is 1.68 bits per heavy atom. The maximum Gasteiger partial charge on any atom is 0.256 e. The lowest BCUT2D eigenvalue weighted by molar-refractivity contribution is 0.102. The second-order valence-electron chi connectivity index (χ2n) is 7.10. The van der Waals surface area contributed by atoms with Crippen molar-refractivity contribution in [3.8, 4) is 11.4 Å². The van der Waals surface area contributed by atoms with Gasteiger partial charge < -0.3 is 10.1 Å². The molecule has 1 N–H and O–H groups in total. The minimum absolute atomic E-state index is 0.157. The van der Waals surface area contributed by atoms with Crippen LogP contribution in [0.4, 0.5) is 5.69 Å². The number of ether oxygens (including phenoxy) is 1. The van der Waals surface area contributed by atoms with E-state index in [-0.39, 0.29) is 5.91 Å². The molecule has 31 heavy (non-hydrogen) atoms. The Labute approximate surface area is 179 Å². The molecule has 0 saturated heterocycles. The Bertz CT molecular complexity index is 1380. The Balaban J connectivity index is 1.41. The summed E-state index contributed by atoms with van der Waals surface area (Å²) in [5, 5.41) is 14.0. The van der Waals surface area contributed by atoms with Gasteiger partial charge in [-0.3, -0.25) is 4.79 Å². The first-order valence-electron chi connectivity index (χ1n) is 10.1. The van der Waals surface area contributed by atoms with Crippen LogP contribution in [0.3, 0.4) is 0 Å². The molecule has 0 aliphatic rings. The summed E-state index contributed by atoms with van der Waals surface area (Å²) in [6, 6.07) is 26.7. The molecule has 4 aromatic carbocycles.